The molecule has 1 atom stereocenters. The first-order chi connectivity index (χ1) is 8.80. The molecule has 2 heteroatoms. The van der Waals surface area contributed by atoms with E-state index >= 15 is 0 Å². The van der Waals surface area contributed by atoms with Gasteiger partial charge in [0.05, 0.1) is 13.2 Å². The van der Waals surface area contributed by atoms with Crippen molar-refractivity contribution in [3.8, 4) is 0 Å². The number of rotatable bonds is 5. The molecule has 0 N–H and O–H groups in total. The number of quaternary nitrogens is 1. The average molecular weight is 241 g/mol. The fourth-order valence-electron chi connectivity index (χ4n) is 2.17. The first-order valence-corrected chi connectivity index (χ1v) is 6.25. The van der Waals surface area contributed by atoms with E-state index in [0.29, 0.717) is 4.65 Å². The van der Waals surface area contributed by atoms with Crippen molar-refractivity contribution < 1.29 is 4.84 Å². The van der Waals surface area contributed by atoms with Gasteiger partial charge in [0.15, 0.2) is 5.69 Å². The molecule has 1 radical (unpaired) electrons. The molecular weight excluding hydrogens is 222 g/mol. The maximum Gasteiger partial charge on any atom is 0.173 e. The van der Waals surface area contributed by atoms with Gasteiger partial charge in [-0.3, -0.25) is 0 Å². The van der Waals surface area contributed by atoms with E-state index in [0.717, 1.165) is 18.8 Å². The molecule has 18 heavy (non-hydrogen) atoms. The van der Waals surface area contributed by atoms with Gasteiger partial charge in [0.1, 0.15) is 13.1 Å². The smallest absolute Gasteiger partial charge is 0.173 e. The number of benzene rings is 2. The minimum atomic E-state index is 0.463. The Bertz CT molecular complexity index is 463. The highest BCUT2D eigenvalue weighted by Crippen LogP contribution is 2.25. The van der Waals surface area contributed by atoms with E-state index in [2.05, 4.69) is 43.3 Å². The lowest BCUT2D eigenvalue weighted by Crippen LogP contribution is -2.47. The normalized spacial score (nSPS) is 14.1. The molecule has 0 bridgehead atoms. The van der Waals surface area contributed by atoms with Crippen molar-refractivity contribution in [2.24, 2.45) is 0 Å². The standard InChI is InChI=1S/C16H19NO/c1-3-17(18-2,16-12-8-5-9-13-16)14-15-10-6-4-7-11-15/h4-12H,3,14H2,1-2H3/q+1. The Kier molecular flexibility index (Phi) is 4.13. The Labute approximate surface area is 109 Å². The lowest BCUT2D eigenvalue weighted by atomic mass is 10.2. The van der Waals surface area contributed by atoms with E-state index < -0.39 is 0 Å². The molecule has 0 aliphatic carbocycles. The Balaban J connectivity index is 2.33. The Morgan fingerprint density at radius 2 is 1.78 bits per heavy atom. The molecule has 2 nitrogen and oxygen atoms in total. The number of para-hydroxylation sites is 1. The predicted molar refractivity (Wildman–Crippen MR) is 74.8 cm³/mol. The van der Waals surface area contributed by atoms with Crippen molar-refractivity contribution in [1.29, 1.82) is 0 Å². The molecule has 0 aliphatic heterocycles. The van der Waals surface area contributed by atoms with Crippen LogP contribution in [-0.4, -0.2) is 13.7 Å². The summed E-state index contributed by atoms with van der Waals surface area (Å²) < 4.78 is 0.463. The fraction of sp³-hybridized carbons (Fsp3) is 0.250. The Hall–Kier alpha value is -1.64. The van der Waals surface area contributed by atoms with Gasteiger partial charge >= 0.3 is 0 Å². The van der Waals surface area contributed by atoms with Crippen LogP contribution in [0.1, 0.15) is 12.5 Å². The van der Waals surface area contributed by atoms with Gasteiger partial charge < -0.3 is 0 Å². The highest BCUT2D eigenvalue weighted by Gasteiger charge is 2.30. The summed E-state index contributed by atoms with van der Waals surface area (Å²) in [6.07, 6.45) is 0. The van der Waals surface area contributed by atoms with Gasteiger partial charge in [0.25, 0.3) is 0 Å². The molecule has 1 unspecified atom stereocenters. The van der Waals surface area contributed by atoms with Gasteiger partial charge in [-0.15, -0.1) is 4.65 Å². The minimum absolute atomic E-state index is 0.463. The molecule has 0 spiro atoms. The topological polar surface area (TPSA) is 9.23 Å². The van der Waals surface area contributed by atoms with Crippen LogP contribution in [0.25, 0.3) is 0 Å². The van der Waals surface area contributed by atoms with Crippen molar-refractivity contribution in [2.45, 2.75) is 13.5 Å². The van der Waals surface area contributed by atoms with E-state index in [1.807, 2.05) is 24.3 Å². The molecule has 2 aromatic carbocycles. The summed E-state index contributed by atoms with van der Waals surface area (Å²) in [4.78, 5) is 5.78. The molecule has 0 aliphatic rings. The summed E-state index contributed by atoms with van der Waals surface area (Å²) in [5, 5.41) is 0. The van der Waals surface area contributed by atoms with Crippen LogP contribution < -0.4 is 4.65 Å². The second kappa shape index (κ2) is 5.80. The van der Waals surface area contributed by atoms with Gasteiger partial charge in [-0.1, -0.05) is 42.5 Å². The third-order valence-electron chi connectivity index (χ3n) is 3.27. The summed E-state index contributed by atoms with van der Waals surface area (Å²) >= 11 is 0. The van der Waals surface area contributed by atoms with Crippen LogP contribution in [-0.2, 0) is 11.4 Å². The number of hydroxylamine groups is 2. The van der Waals surface area contributed by atoms with Crippen molar-refractivity contribution in [1.82, 2.24) is 4.65 Å². The van der Waals surface area contributed by atoms with Crippen molar-refractivity contribution in [3.63, 3.8) is 0 Å². The lowest BCUT2D eigenvalue weighted by Gasteiger charge is -2.32. The molecule has 93 valence electrons. The summed E-state index contributed by atoms with van der Waals surface area (Å²) in [5.41, 5.74) is 2.32. The van der Waals surface area contributed by atoms with Crippen LogP contribution in [0.2, 0.25) is 0 Å². The second-order valence-electron chi connectivity index (χ2n) is 4.28. The van der Waals surface area contributed by atoms with Gasteiger partial charge in [0.2, 0.25) is 0 Å². The lowest BCUT2D eigenvalue weighted by molar-refractivity contribution is -0.124. The summed E-state index contributed by atoms with van der Waals surface area (Å²) in [7, 11) is 1.76. The Morgan fingerprint density at radius 1 is 1.06 bits per heavy atom. The zero-order valence-electron chi connectivity index (χ0n) is 11.0. The maximum absolute atomic E-state index is 5.78. The molecular formula is C16H19NO+. The largest absolute Gasteiger partial charge is 0.201 e. The van der Waals surface area contributed by atoms with Crippen LogP contribution in [0.4, 0.5) is 5.69 Å². The fourth-order valence-corrected chi connectivity index (χ4v) is 2.17. The number of hydrogen-bond donors (Lipinski definition) is 0. The summed E-state index contributed by atoms with van der Waals surface area (Å²) in [6.45, 7) is 3.81. The quantitative estimate of drug-likeness (QED) is 0.574. The molecule has 0 saturated heterocycles. The van der Waals surface area contributed by atoms with E-state index in [1.165, 1.54) is 5.56 Å². The molecule has 0 fully saturated rings. The van der Waals surface area contributed by atoms with E-state index in [-0.39, 0.29) is 0 Å². The van der Waals surface area contributed by atoms with Crippen LogP contribution in [0.15, 0.2) is 54.6 Å². The highest BCUT2D eigenvalue weighted by atomic mass is 16.7. The van der Waals surface area contributed by atoms with E-state index in [9.17, 15) is 0 Å². The number of nitrogens with zero attached hydrogens (tertiary/aromatic N) is 1. The van der Waals surface area contributed by atoms with E-state index in [1.54, 1.807) is 7.11 Å². The van der Waals surface area contributed by atoms with Crippen molar-refractivity contribution in [3.05, 3.63) is 66.2 Å². The molecule has 0 aromatic heterocycles. The first-order valence-electron chi connectivity index (χ1n) is 6.25. The van der Waals surface area contributed by atoms with Gasteiger partial charge in [-0.2, -0.15) is 0 Å². The maximum atomic E-state index is 5.78. The zero-order valence-corrected chi connectivity index (χ0v) is 11.0. The molecule has 0 saturated carbocycles. The number of hydrogen-bond acceptors (Lipinski definition) is 1. The molecule has 2 aromatic rings. The van der Waals surface area contributed by atoms with Crippen LogP contribution in [0, 0.1) is 6.07 Å². The van der Waals surface area contributed by atoms with Crippen LogP contribution in [0.5, 0.6) is 0 Å². The summed E-state index contributed by atoms with van der Waals surface area (Å²) in [5.74, 6) is 0. The third-order valence-corrected chi connectivity index (χ3v) is 3.27. The zero-order chi connectivity index (χ0) is 12.8. The third kappa shape index (κ3) is 2.61. The van der Waals surface area contributed by atoms with Crippen molar-refractivity contribution in [2.75, 3.05) is 13.7 Å². The second-order valence-corrected chi connectivity index (χ2v) is 4.28. The van der Waals surface area contributed by atoms with Crippen LogP contribution in [0.3, 0.4) is 0 Å². The van der Waals surface area contributed by atoms with Crippen molar-refractivity contribution >= 4 is 5.69 Å². The minimum Gasteiger partial charge on any atom is -0.201 e. The molecule has 0 heterocycles. The Morgan fingerprint density at radius 3 is 2.33 bits per heavy atom. The van der Waals surface area contributed by atoms with Gasteiger partial charge in [0, 0.05) is 11.6 Å². The van der Waals surface area contributed by atoms with Crippen LogP contribution >= 0.6 is 0 Å². The molecule has 0 amide bonds. The molecule has 2 rings (SSSR count). The van der Waals surface area contributed by atoms with E-state index in [4.69, 9.17) is 4.84 Å². The predicted octanol–water partition coefficient (Wildman–Crippen LogP) is 3.58. The summed E-state index contributed by atoms with van der Waals surface area (Å²) in [6, 6.07) is 21.7. The van der Waals surface area contributed by atoms with Gasteiger partial charge in [-0.05, 0) is 13.0 Å². The highest BCUT2D eigenvalue weighted by molar-refractivity contribution is 5.39. The van der Waals surface area contributed by atoms with Gasteiger partial charge in [-0.25, -0.2) is 4.84 Å². The average Bonchev–Trinajstić information content (AvgIpc) is 2.47. The monoisotopic (exact) mass is 241 g/mol. The SMILES string of the molecule is CC[N+](Cc1ccccc1)(OC)c1[c]cccc1. The first kappa shape index (κ1) is 12.8.